The van der Waals surface area contributed by atoms with E-state index in [2.05, 4.69) is 10.3 Å². The van der Waals surface area contributed by atoms with E-state index < -0.39 is 11.7 Å². The fourth-order valence-corrected chi connectivity index (χ4v) is 4.81. The first-order valence-electron chi connectivity index (χ1n) is 9.76. The van der Waals surface area contributed by atoms with E-state index in [1.165, 1.54) is 23.9 Å². The summed E-state index contributed by atoms with van der Waals surface area (Å²) in [5, 5.41) is 9.11. The molecule has 32 heavy (non-hydrogen) atoms. The van der Waals surface area contributed by atoms with Gasteiger partial charge in [-0.05, 0) is 48.0 Å². The summed E-state index contributed by atoms with van der Waals surface area (Å²) >= 11 is 7.40. The lowest BCUT2D eigenvalue weighted by Gasteiger charge is -2.32. The Kier molecular flexibility index (Phi) is 5.35. The largest absolute Gasteiger partial charge is 0.416 e. The number of para-hydroxylation sites is 1. The molecule has 0 amide bonds. The minimum atomic E-state index is -4.41. The molecule has 0 spiro atoms. The Morgan fingerprint density at radius 2 is 1.62 bits per heavy atom. The highest BCUT2D eigenvalue weighted by atomic mass is 35.5. The van der Waals surface area contributed by atoms with Crippen LogP contribution in [-0.4, -0.2) is 15.0 Å². The number of aromatic nitrogens is 3. The van der Waals surface area contributed by atoms with Gasteiger partial charge in [0.2, 0.25) is 0 Å². The summed E-state index contributed by atoms with van der Waals surface area (Å²) in [5.41, 5.74) is 2.36. The molecule has 0 unspecified atom stereocenters. The van der Waals surface area contributed by atoms with Crippen molar-refractivity contribution >= 4 is 34.7 Å². The SMILES string of the molecule is FC(F)(F)c1ccc2c(c1)N(Cc1cn(Cc3ccc(Cl)cc3)nn1)c1ccccc1S2. The fraction of sp³-hybridized carbons (Fsp3) is 0.130. The molecule has 0 N–H and O–H groups in total. The number of alkyl halides is 3. The summed E-state index contributed by atoms with van der Waals surface area (Å²) in [7, 11) is 0. The molecule has 0 atom stereocenters. The van der Waals surface area contributed by atoms with Gasteiger partial charge in [-0.15, -0.1) is 5.10 Å². The molecule has 0 aliphatic carbocycles. The van der Waals surface area contributed by atoms with Crippen molar-refractivity contribution in [3.8, 4) is 0 Å². The van der Waals surface area contributed by atoms with Gasteiger partial charge in [0.25, 0.3) is 0 Å². The van der Waals surface area contributed by atoms with Crippen molar-refractivity contribution in [2.45, 2.75) is 29.1 Å². The predicted octanol–water partition coefficient (Wildman–Crippen LogP) is 6.80. The second kappa shape index (κ2) is 8.18. The number of hydrogen-bond acceptors (Lipinski definition) is 4. The van der Waals surface area contributed by atoms with Crippen molar-refractivity contribution in [2.24, 2.45) is 0 Å². The first kappa shape index (κ1) is 20.9. The molecule has 0 fully saturated rings. The molecule has 5 rings (SSSR count). The quantitative estimate of drug-likeness (QED) is 0.327. The minimum absolute atomic E-state index is 0.298. The summed E-state index contributed by atoms with van der Waals surface area (Å²) in [6.07, 6.45) is -2.60. The molecule has 2 heterocycles. The maximum Gasteiger partial charge on any atom is 0.416 e. The van der Waals surface area contributed by atoms with Crippen LogP contribution in [-0.2, 0) is 19.3 Å². The molecule has 1 aromatic heterocycles. The molecule has 0 radical (unpaired) electrons. The third kappa shape index (κ3) is 4.20. The van der Waals surface area contributed by atoms with E-state index in [0.29, 0.717) is 29.5 Å². The number of nitrogens with zero attached hydrogens (tertiary/aromatic N) is 4. The molecular weight excluding hydrogens is 457 g/mol. The maximum atomic E-state index is 13.4. The van der Waals surface area contributed by atoms with Gasteiger partial charge in [-0.2, -0.15) is 13.2 Å². The van der Waals surface area contributed by atoms with E-state index in [1.807, 2.05) is 59.6 Å². The second-order valence-electron chi connectivity index (χ2n) is 7.37. The fourth-order valence-electron chi connectivity index (χ4n) is 3.60. The molecule has 3 aromatic carbocycles. The van der Waals surface area contributed by atoms with Gasteiger partial charge in [-0.25, -0.2) is 4.68 Å². The molecule has 1 aliphatic heterocycles. The Bertz CT molecular complexity index is 1270. The number of hydrogen-bond donors (Lipinski definition) is 0. The van der Waals surface area contributed by atoms with Gasteiger partial charge in [0.1, 0.15) is 5.69 Å². The lowest BCUT2D eigenvalue weighted by Crippen LogP contribution is -2.21. The smallest absolute Gasteiger partial charge is 0.333 e. The lowest BCUT2D eigenvalue weighted by atomic mass is 10.1. The Hall–Kier alpha value is -2.97. The monoisotopic (exact) mass is 472 g/mol. The first-order chi connectivity index (χ1) is 15.4. The van der Waals surface area contributed by atoms with Gasteiger partial charge in [-0.3, -0.25) is 0 Å². The molecule has 4 nitrogen and oxygen atoms in total. The van der Waals surface area contributed by atoms with Crippen LogP contribution in [0.1, 0.15) is 16.8 Å². The van der Waals surface area contributed by atoms with Crippen LogP contribution < -0.4 is 4.90 Å². The van der Waals surface area contributed by atoms with Crippen LogP contribution >= 0.6 is 23.4 Å². The Morgan fingerprint density at radius 1 is 0.875 bits per heavy atom. The van der Waals surface area contributed by atoms with E-state index in [4.69, 9.17) is 11.6 Å². The number of benzene rings is 3. The molecule has 0 saturated carbocycles. The van der Waals surface area contributed by atoms with Crippen LogP contribution in [0, 0.1) is 0 Å². The van der Waals surface area contributed by atoms with Crippen LogP contribution in [0.5, 0.6) is 0 Å². The van der Waals surface area contributed by atoms with Crippen molar-refractivity contribution in [1.29, 1.82) is 0 Å². The zero-order chi connectivity index (χ0) is 22.3. The van der Waals surface area contributed by atoms with Gasteiger partial charge in [0, 0.05) is 14.8 Å². The van der Waals surface area contributed by atoms with Crippen LogP contribution in [0.4, 0.5) is 24.5 Å². The highest BCUT2D eigenvalue weighted by Crippen LogP contribution is 2.49. The van der Waals surface area contributed by atoms with Crippen molar-refractivity contribution < 1.29 is 13.2 Å². The van der Waals surface area contributed by atoms with Crippen molar-refractivity contribution in [3.05, 3.63) is 94.8 Å². The van der Waals surface area contributed by atoms with Crippen LogP contribution in [0.25, 0.3) is 0 Å². The zero-order valence-electron chi connectivity index (χ0n) is 16.6. The zero-order valence-corrected chi connectivity index (χ0v) is 18.1. The Balaban J connectivity index is 1.47. The van der Waals surface area contributed by atoms with Crippen molar-refractivity contribution in [2.75, 3.05) is 4.90 Å². The normalized spacial score (nSPS) is 13.1. The average Bonchev–Trinajstić information content (AvgIpc) is 3.21. The van der Waals surface area contributed by atoms with E-state index >= 15 is 0 Å². The minimum Gasteiger partial charge on any atom is -0.333 e. The molecular formula is C23H16ClF3N4S. The van der Waals surface area contributed by atoms with E-state index in [-0.39, 0.29) is 0 Å². The maximum absolute atomic E-state index is 13.4. The summed E-state index contributed by atoms with van der Waals surface area (Å²) in [4.78, 5) is 3.62. The third-order valence-electron chi connectivity index (χ3n) is 5.12. The summed E-state index contributed by atoms with van der Waals surface area (Å²) in [6, 6.07) is 19.0. The Labute approximate surface area is 191 Å². The highest BCUT2D eigenvalue weighted by molar-refractivity contribution is 7.99. The lowest BCUT2D eigenvalue weighted by molar-refractivity contribution is -0.137. The molecule has 9 heteroatoms. The third-order valence-corrected chi connectivity index (χ3v) is 6.50. The second-order valence-corrected chi connectivity index (χ2v) is 8.89. The molecule has 0 bridgehead atoms. The molecule has 1 aliphatic rings. The van der Waals surface area contributed by atoms with E-state index in [1.54, 1.807) is 4.68 Å². The number of anilines is 2. The number of fused-ring (bicyclic) bond motifs is 2. The highest BCUT2D eigenvalue weighted by Gasteiger charge is 2.33. The topological polar surface area (TPSA) is 34.0 Å². The van der Waals surface area contributed by atoms with Gasteiger partial charge in [0.15, 0.2) is 0 Å². The van der Waals surface area contributed by atoms with Gasteiger partial charge >= 0.3 is 6.18 Å². The summed E-state index contributed by atoms with van der Waals surface area (Å²) in [5.74, 6) is 0. The van der Waals surface area contributed by atoms with Gasteiger partial charge in [0.05, 0.1) is 36.2 Å². The first-order valence-corrected chi connectivity index (χ1v) is 11.0. The van der Waals surface area contributed by atoms with E-state index in [0.717, 1.165) is 27.1 Å². The Morgan fingerprint density at radius 3 is 2.41 bits per heavy atom. The average molecular weight is 473 g/mol. The van der Waals surface area contributed by atoms with Crippen molar-refractivity contribution in [1.82, 2.24) is 15.0 Å². The van der Waals surface area contributed by atoms with Crippen LogP contribution in [0.3, 0.4) is 0 Å². The molecule has 0 saturated heterocycles. The van der Waals surface area contributed by atoms with E-state index in [9.17, 15) is 13.2 Å². The molecule has 4 aromatic rings. The van der Waals surface area contributed by atoms with Crippen LogP contribution in [0.2, 0.25) is 5.02 Å². The predicted molar refractivity (Wildman–Crippen MR) is 118 cm³/mol. The molecule has 162 valence electrons. The summed E-state index contributed by atoms with van der Waals surface area (Å²) < 4.78 is 41.9. The van der Waals surface area contributed by atoms with Gasteiger partial charge < -0.3 is 4.90 Å². The van der Waals surface area contributed by atoms with Gasteiger partial charge in [-0.1, -0.05) is 52.8 Å². The summed E-state index contributed by atoms with van der Waals surface area (Å²) in [6.45, 7) is 0.817. The van der Waals surface area contributed by atoms with Crippen LogP contribution in [0.15, 0.2) is 82.7 Å². The number of rotatable bonds is 4. The standard InChI is InChI=1S/C23H16ClF3N4S/c24-17-8-5-15(6-9-17)12-30-13-18(28-29-30)14-31-19-3-1-2-4-21(19)32-22-10-7-16(11-20(22)31)23(25,26)27/h1-11,13H,12,14H2. The number of halogens is 4. The van der Waals surface area contributed by atoms with Crippen molar-refractivity contribution in [3.63, 3.8) is 0 Å².